The van der Waals surface area contributed by atoms with E-state index in [1.165, 1.54) is 0 Å². The first-order valence-electron chi connectivity index (χ1n) is 6.29. The van der Waals surface area contributed by atoms with Crippen molar-refractivity contribution in [2.45, 2.75) is 39.1 Å². The molecule has 0 radical (unpaired) electrons. The van der Waals surface area contributed by atoms with Crippen LogP contribution in [0.15, 0.2) is 0 Å². The Hall–Kier alpha value is -0.980. The third kappa shape index (κ3) is 3.28. The Kier molecular flexibility index (Phi) is 3.99. The number of rotatable bonds is 4. The number of ether oxygens (including phenoxy) is 2. The largest absolute Gasteiger partial charge is 0.371 e. The maximum Gasteiger partial charge on any atom is 0.158 e. The van der Waals surface area contributed by atoms with E-state index in [4.69, 9.17) is 9.47 Å². The van der Waals surface area contributed by atoms with E-state index in [0.717, 1.165) is 24.7 Å². The molecule has 1 fully saturated rings. The molecule has 1 aliphatic heterocycles. The quantitative estimate of drug-likeness (QED) is 0.843. The molecule has 2 rings (SSSR count). The van der Waals surface area contributed by atoms with Crippen molar-refractivity contribution in [3.05, 3.63) is 11.6 Å². The van der Waals surface area contributed by atoms with Crippen LogP contribution in [-0.2, 0) is 23.1 Å². The summed E-state index contributed by atoms with van der Waals surface area (Å²) >= 11 is 0. The molecule has 1 N–H and O–H groups in total. The van der Waals surface area contributed by atoms with Crippen molar-refractivity contribution in [2.75, 3.05) is 19.7 Å². The Balaban J connectivity index is 1.77. The van der Waals surface area contributed by atoms with Crippen LogP contribution in [0.5, 0.6) is 0 Å². The summed E-state index contributed by atoms with van der Waals surface area (Å²) in [4.78, 5) is 0. The summed E-state index contributed by atoms with van der Waals surface area (Å²) < 4.78 is 13.5. The van der Waals surface area contributed by atoms with Gasteiger partial charge in [0, 0.05) is 20.1 Å². The summed E-state index contributed by atoms with van der Waals surface area (Å²) in [6, 6.07) is 0. The van der Waals surface area contributed by atoms with Gasteiger partial charge < -0.3 is 19.4 Å². The van der Waals surface area contributed by atoms with E-state index in [-0.39, 0.29) is 11.7 Å². The van der Waals surface area contributed by atoms with Crippen molar-refractivity contribution in [3.8, 4) is 0 Å². The van der Waals surface area contributed by atoms with Crippen LogP contribution in [0, 0.1) is 6.92 Å². The van der Waals surface area contributed by atoms with E-state index in [9.17, 15) is 0 Å². The first-order chi connectivity index (χ1) is 8.48. The van der Waals surface area contributed by atoms with Crippen molar-refractivity contribution in [1.82, 2.24) is 20.1 Å². The van der Waals surface area contributed by atoms with Gasteiger partial charge in [-0.15, -0.1) is 10.2 Å². The van der Waals surface area contributed by atoms with Crippen LogP contribution in [0.25, 0.3) is 0 Å². The van der Waals surface area contributed by atoms with Crippen LogP contribution in [0.4, 0.5) is 0 Å². The number of aryl methyl sites for hydroxylation is 1. The maximum absolute atomic E-state index is 5.92. The van der Waals surface area contributed by atoms with Crippen LogP contribution < -0.4 is 5.32 Å². The minimum atomic E-state index is -0.117. The van der Waals surface area contributed by atoms with E-state index in [1.807, 2.05) is 18.5 Å². The van der Waals surface area contributed by atoms with Gasteiger partial charge in [-0.1, -0.05) is 0 Å². The highest BCUT2D eigenvalue weighted by atomic mass is 16.5. The average molecular weight is 254 g/mol. The van der Waals surface area contributed by atoms with Gasteiger partial charge >= 0.3 is 0 Å². The number of hydrogen-bond acceptors (Lipinski definition) is 5. The number of nitrogens with one attached hydrogen (secondary N) is 1. The molecule has 0 saturated carbocycles. The lowest BCUT2D eigenvalue weighted by Gasteiger charge is -2.36. The van der Waals surface area contributed by atoms with Crippen LogP contribution in [0.3, 0.4) is 0 Å². The van der Waals surface area contributed by atoms with Crippen molar-refractivity contribution >= 4 is 0 Å². The third-order valence-electron chi connectivity index (χ3n) is 3.13. The highest BCUT2D eigenvalue weighted by Gasteiger charge is 2.28. The highest BCUT2D eigenvalue weighted by molar-refractivity contribution is 4.90. The minimum Gasteiger partial charge on any atom is -0.371 e. The predicted octanol–water partition coefficient (Wildman–Crippen LogP) is 0.407. The molecule has 1 saturated heterocycles. The topological polar surface area (TPSA) is 61.2 Å². The van der Waals surface area contributed by atoms with Crippen LogP contribution in [-0.4, -0.2) is 46.2 Å². The molecule has 0 amide bonds. The lowest BCUT2D eigenvalue weighted by molar-refractivity contribution is -0.122. The average Bonchev–Trinajstić information content (AvgIpc) is 2.60. The molecule has 1 aromatic heterocycles. The molecule has 18 heavy (non-hydrogen) atoms. The van der Waals surface area contributed by atoms with Crippen molar-refractivity contribution in [2.24, 2.45) is 7.05 Å². The second-order valence-electron chi connectivity index (χ2n) is 5.37. The molecule has 1 atom stereocenters. The second kappa shape index (κ2) is 5.34. The van der Waals surface area contributed by atoms with Gasteiger partial charge in [0.2, 0.25) is 0 Å². The molecular weight excluding hydrogens is 232 g/mol. The van der Waals surface area contributed by atoms with E-state index in [0.29, 0.717) is 13.2 Å². The van der Waals surface area contributed by atoms with Gasteiger partial charge in [0.05, 0.1) is 18.3 Å². The second-order valence-corrected chi connectivity index (χ2v) is 5.37. The summed E-state index contributed by atoms with van der Waals surface area (Å²) in [5.41, 5.74) is -0.117. The van der Waals surface area contributed by atoms with Gasteiger partial charge in [-0.05, 0) is 20.8 Å². The van der Waals surface area contributed by atoms with Gasteiger partial charge in [0.15, 0.2) is 5.82 Å². The monoisotopic (exact) mass is 254 g/mol. The van der Waals surface area contributed by atoms with E-state index in [1.54, 1.807) is 0 Å². The summed E-state index contributed by atoms with van der Waals surface area (Å²) in [6.45, 7) is 8.84. The third-order valence-corrected chi connectivity index (χ3v) is 3.13. The Labute approximate surface area is 108 Å². The van der Waals surface area contributed by atoms with Crippen molar-refractivity contribution < 1.29 is 9.47 Å². The fourth-order valence-electron chi connectivity index (χ4n) is 2.02. The molecule has 6 nitrogen and oxygen atoms in total. The predicted molar refractivity (Wildman–Crippen MR) is 67.2 cm³/mol. The van der Waals surface area contributed by atoms with Gasteiger partial charge in [0.1, 0.15) is 12.4 Å². The number of morpholine rings is 1. The molecule has 2 heterocycles. The van der Waals surface area contributed by atoms with Crippen LogP contribution in [0.2, 0.25) is 0 Å². The van der Waals surface area contributed by atoms with E-state index < -0.39 is 0 Å². The van der Waals surface area contributed by atoms with Crippen LogP contribution >= 0.6 is 0 Å². The highest BCUT2D eigenvalue weighted by Crippen LogP contribution is 2.15. The normalized spacial score (nSPS) is 23.2. The molecule has 0 bridgehead atoms. The zero-order valence-electron chi connectivity index (χ0n) is 11.6. The zero-order chi connectivity index (χ0) is 13.2. The SMILES string of the molecule is Cc1nnc(COCC2CNCC(C)(C)O2)n1C. The molecule has 1 unspecified atom stereocenters. The van der Waals surface area contributed by atoms with Crippen molar-refractivity contribution in [1.29, 1.82) is 0 Å². The van der Waals surface area contributed by atoms with Gasteiger partial charge in [0.25, 0.3) is 0 Å². The number of hydrogen-bond donors (Lipinski definition) is 1. The Morgan fingerprint density at radius 2 is 2.28 bits per heavy atom. The van der Waals surface area contributed by atoms with Gasteiger partial charge in [-0.25, -0.2) is 0 Å². The standard InChI is InChI=1S/C12H22N4O2/c1-9-14-15-11(16(9)4)7-17-6-10-5-13-8-12(2,3)18-10/h10,13H,5-8H2,1-4H3. The molecular formula is C12H22N4O2. The Morgan fingerprint density at radius 1 is 1.50 bits per heavy atom. The summed E-state index contributed by atoms with van der Waals surface area (Å²) in [7, 11) is 1.94. The molecule has 0 spiro atoms. The molecule has 1 aliphatic rings. The first-order valence-corrected chi connectivity index (χ1v) is 6.29. The van der Waals surface area contributed by atoms with E-state index in [2.05, 4.69) is 29.4 Å². The zero-order valence-corrected chi connectivity index (χ0v) is 11.6. The Bertz CT molecular complexity index is 403. The number of aromatic nitrogens is 3. The number of nitrogens with zero attached hydrogens (tertiary/aromatic N) is 3. The van der Waals surface area contributed by atoms with Crippen LogP contribution in [0.1, 0.15) is 25.5 Å². The maximum atomic E-state index is 5.92. The lowest BCUT2D eigenvalue weighted by Crippen LogP contribution is -2.51. The summed E-state index contributed by atoms with van der Waals surface area (Å²) in [6.07, 6.45) is 0.100. The smallest absolute Gasteiger partial charge is 0.158 e. The minimum absolute atomic E-state index is 0.100. The summed E-state index contributed by atoms with van der Waals surface area (Å²) in [5.74, 6) is 1.74. The molecule has 1 aromatic rings. The lowest BCUT2D eigenvalue weighted by atomic mass is 10.1. The molecule has 6 heteroatoms. The van der Waals surface area contributed by atoms with Gasteiger partial charge in [-0.2, -0.15) is 0 Å². The Morgan fingerprint density at radius 3 is 2.89 bits per heavy atom. The molecule has 0 aliphatic carbocycles. The van der Waals surface area contributed by atoms with Crippen molar-refractivity contribution in [3.63, 3.8) is 0 Å². The fraction of sp³-hybridized carbons (Fsp3) is 0.833. The van der Waals surface area contributed by atoms with E-state index >= 15 is 0 Å². The molecule has 102 valence electrons. The first kappa shape index (κ1) is 13.5. The fourth-order valence-corrected chi connectivity index (χ4v) is 2.02. The summed E-state index contributed by atoms with van der Waals surface area (Å²) in [5, 5.41) is 11.4. The van der Waals surface area contributed by atoms with Gasteiger partial charge in [-0.3, -0.25) is 0 Å². The molecule has 0 aromatic carbocycles.